The van der Waals surface area contributed by atoms with Gasteiger partial charge in [0.15, 0.2) is 0 Å². The van der Waals surface area contributed by atoms with Gasteiger partial charge in [-0.1, -0.05) is 18.2 Å². The summed E-state index contributed by atoms with van der Waals surface area (Å²) in [7, 11) is 0. The molecule has 1 saturated heterocycles. The van der Waals surface area contributed by atoms with E-state index in [2.05, 4.69) is 27.8 Å². The second-order valence-corrected chi connectivity index (χ2v) is 6.08. The van der Waals surface area contributed by atoms with Gasteiger partial charge in [0.25, 0.3) is 0 Å². The first kappa shape index (κ1) is 16.8. The van der Waals surface area contributed by atoms with E-state index in [0.29, 0.717) is 6.54 Å². The van der Waals surface area contributed by atoms with Crippen molar-refractivity contribution >= 4 is 29.2 Å². The van der Waals surface area contributed by atoms with Crippen LogP contribution in [-0.2, 0) is 11.2 Å². The molecule has 1 aromatic carbocycles. The molecule has 1 atom stereocenters. The van der Waals surface area contributed by atoms with Crippen LogP contribution in [0.1, 0.15) is 31.7 Å². The summed E-state index contributed by atoms with van der Waals surface area (Å²) in [6.07, 6.45) is 6.10. The Morgan fingerprint density at radius 1 is 1.32 bits per heavy atom. The van der Waals surface area contributed by atoms with Crippen molar-refractivity contribution in [1.29, 1.82) is 0 Å². The summed E-state index contributed by atoms with van der Waals surface area (Å²) < 4.78 is 0. The summed E-state index contributed by atoms with van der Waals surface area (Å²) in [6.45, 7) is 3.62. The quantitative estimate of drug-likeness (QED) is 0.811. The Morgan fingerprint density at radius 3 is 2.91 bits per heavy atom. The lowest BCUT2D eigenvalue weighted by Crippen LogP contribution is -2.57. The molecule has 1 unspecified atom stereocenters. The van der Waals surface area contributed by atoms with Crippen molar-refractivity contribution in [3.05, 3.63) is 36.0 Å². The van der Waals surface area contributed by atoms with E-state index in [4.69, 9.17) is 0 Å². The minimum Gasteiger partial charge on any atom is -0.361 e. The Bertz CT molecular complexity index is 632. The lowest BCUT2D eigenvalue weighted by molar-refractivity contribution is -0.127. The number of H-pyrrole nitrogens is 1. The smallest absolute Gasteiger partial charge is 0.240 e. The van der Waals surface area contributed by atoms with Gasteiger partial charge in [-0.25, -0.2) is 0 Å². The van der Waals surface area contributed by atoms with Gasteiger partial charge in [-0.05, 0) is 50.8 Å². The van der Waals surface area contributed by atoms with Crippen LogP contribution in [0.5, 0.6) is 0 Å². The van der Waals surface area contributed by atoms with E-state index in [1.165, 1.54) is 10.9 Å². The van der Waals surface area contributed by atoms with E-state index in [1.807, 2.05) is 25.3 Å². The molecule has 1 aliphatic rings. The Morgan fingerprint density at radius 2 is 2.14 bits per heavy atom. The molecule has 5 heteroatoms. The van der Waals surface area contributed by atoms with Crippen LogP contribution in [0.15, 0.2) is 30.5 Å². The van der Waals surface area contributed by atoms with E-state index < -0.39 is 5.54 Å². The van der Waals surface area contributed by atoms with Crippen LogP contribution in [-0.4, -0.2) is 29.5 Å². The van der Waals surface area contributed by atoms with Crippen LogP contribution in [0.2, 0.25) is 0 Å². The highest BCUT2D eigenvalue weighted by Gasteiger charge is 2.33. The molecular weight excluding hydrogens is 298 g/mol. The molecule has 1 fully saturated rings. The maximum absolute atomic E-state index is 12.3. The molecule has 2 aromatic rings. The molecule has 2 heterocycles. The van der Waals surface area contributed by atoms with Crippen molar-refractivity contribution in [2.24, 2.45) is 0 Å². The second-order valence-electron chi connectivity index (χ2n) is 6.08. The number of benzene rings is 1. The molecular formula is C17H24ClN3O. The average Bonchev–Trinajstić information content (AvgIpc) is 2.91. The van der Waals surface area contributed by atoms with Gasteiger partial charge in [-0.2, -0.15) is 0 Å². The fourth-order valence-electron chi connectivity index (χ4n) is 3.09. The maximum Gasteiger partial charge on any atom is 0.240 e. The van der Waals surface area contributed by atoms with Crippen molar-refractivity contribution in [3.63, 3.8) is 0 Å². The first-order chi connectivity index (χ1) is 10.2. The number of fused-ring (bicyclic) bond motifs is 1. The second kappa shape index (κ2) is 7.16. The highest BCUT2D eigenvalue weighted by atomic mass is 35.5. The molecule has 0 spiro atoms. The van der Waals surface area contributed by atoms with Crippen molar-refractivity contribution in [1.82, 2.24) is 15.6 Å². The number of rotatable bonds is 4. The summed E-state index contributed by atoms with van der Waals surface area (Å²) in [6, 6.07) is 8.27. The third-order valence-corrected chi connectivity index (χ3v) is 4.47. The summed E-state index contributed by atoms with van der Waals surface area (Å²) in [5.41, 5.74) is 2.02. The number of aromatic amines is 1. The standard InChI is InChI=1S/C17H23N3O.ClH/c1-17(9-4-5-10-20-17)16(21)18-11-8-13-12-19-15-7-3-2-6-14(13)15;/h2-3,6-7,12,19-20H,4-5,8-11H2,1H3,(H,18,21);1H. The number of nitrogens with one attached hydrogen (secondary N) is 3. The number of carbonyl (C=O) groups is 1. The van der Waals surface area contributed by atoms with Gasteiger partial charge in [-0.15, -0.1) is 12.4 Å². The van der Waals surface area contributed by atoms with Crippen LogP contribution in [0.3, 0.4) is 0 Å². The molecule has 120 valence electrons. The van der Waals surface area contributed by atoms with Gasteiger partial charge in [-0.3, -0.25) is 4.79 Å². The number of para-hydroxylation sites is 1. The zero-order valence-corrected chi connectivity index (χ0v) is 13.8. The Balaban J connectivity index is 0.00000176. The Hall–Kier alpha value is -1.52. The lowest BCUT2D eigenvalue weighted by atomic mass is 9.90. The molecule has 4 nitrogen and oxygen atoms in total. The third-order valence-electron chi connectivity index (χ3n) is 4.47. The number of amides is 1. The van der Waals surface area contributed by atoms with Gasteiger partial charge >= 0.3 is 0 Å². The Labute approximate surface area is 137 Å². The number of piperidine rings is 1. The molecule has 3 N–H and O–H groups in total. The lowest BCUT2D eigenvalue weighted by Gasteiger charge is -2.33. The fraction of sp³-hybridized carbons (Fsp3) is 0.471. The summed E-state index contributed by atoms with van der Waals surface area (Å²) >= 11 is 0. The molecule has 0 bridgehead atoms. The van der Waals surface area contributed by atoms with Crippen LogP contribution < -0.4 is 10.6 Å². The minimum atomic E-state index is -0.390. The Kier molecular flexibility index (Phi) is 5.48. The molecule has 1 amide bonds. The summed E-state index contributed by atoms with van der Waals surface area (Å²) in [5, 5.41) is 7.68. The first-order valence-electron chi connectivity index (χ1n) is 7.77. The van der Waals surface area contributed by atoms with E-state index in [1.54, 1.807) is 0 Å². The molecule has 22 heavy (non-hydrogen) atoms. The predicted molar refractivity (Wildman–Crippen MR) is 92.5 cm³/mol. The number of hydrogen-bond acceptors (Lipinski definition) is 2. The van der Waals surface area contributed by atoms with Gasteiger partial charge in [0.1, 0.15) is 0 Å². The normalized spacial score (nSPS) is 21.3. The minimum absolute atomic E-state index is 0. The average molecular weight is 322 g/mol. The maximum atomic E-state index is 12.3. The van der Waals surface area contributed by atoms with Crippen LogP contribution in [0.4, 0.5) is 0 Å². The number of hydrogen-bond donors (Lipinski definition) is 3. The number of carbonyl (C=O) groups excluding carboxylic acids is 1. The van der Waals surface area contributed by atoms with Crippen molar-refractivity contribution in [2.45, 2.75) is 38.1 Å². The summed E-state index contributed by atoms with van der Waals surface area (Å²) in [4.78, 5) is 15.6. The van der Waals surface area contributed by atoms with Crippen LogP contribution >= 0.6 is 12.4 Å². The zero-order chi connectivity index (χ0) is 14.7. The summed E-state index contributed by atoms with van der Waals surface area (Å²) in [5.74, 6) is 0.127. The zero-order valence-electron chi connectivity index (χ0n) is 12.9. The third kappa shape index (κ3) is 3.45. The van der Waals surface area contributed by atoms with Gasteiger partial charge in [0.2, 0.25) is 5.91 Å². The van der Waals surface area contributed by atoms with Gasteiger partial charge in [0.05, 0.1) is 5.54 Å². The molecule has 0 saturated carbocycles. The van der Waals surface area contributed by atoms with Crippen molar-refractivity contribution < 1.29 is 4.79 Å². The van der Waals surface area contributed by atoms with Crippen molar-refractivity contribution in [3.8, 4) is 0 Å². The molecule has 0 radical (unpaired) electrons. The first-order valence-corrected chi connectivity index (χ1v) is 7.77. The molecule has 1 aliphatic heterocycles. The highest BCUT2D eigenvalue weighted by molar-refractivity contribution is 5.86. The van der Waals surface area contributed by atoms with E-state index in [-0.39, 0.29) is 18.3 Å². The van der Waals surface area contributed by atoms with Crippen molar-refractivity contribution in [2.75, 3.05) is 13.1 Å². The topological polar surface area (TPSA) is 56.9 Å². The van der Waals surface area contributed by atoms with E-state index in [9.17, 15) is 4.79 Å². The number of halogens is 1. The van der Waals surface area contributed by atoms with E-state index >= 15 is 0 Å². The van der Waals surface area contributed by atoms with Crippen LogP contribution in [0.25, 0.3) is 10.9 Å². The highest BCUT2D eigenvalue weighted by Crippen LogP contribution is 2.20. The monoisotopic (exact) mass is 321 g/mol. The molecule has 3 rings (SSSR count). The predicted octanol–water partition coefficient (Wildman–Crippen LogP) is 2.78. The van der Waals surface area contributed by atoms with Gasteiger partial charge in [0, 0.05) is 23.6 Å². The fourth-order valence-corrected chi connectivity index (χ4v) is 3.09. The van der Waals surface area contributed by atoms with Crippen LogP contribution in [0, 0.1) is 0 Å². The molecule has 1 aromatic heterocycles. The SMILES string of the molecule is CC1(C(=O)NCCc2c[nH]c3ccccc23)CCCCN1.Cl. The largest absolute Gasteiger partial charge is 0.361 e. The number of aromatic nitrogens is 1. The van der Waals surface area contributed by atoms with E-state index in [0.717, 1.165) is 37.7 Å². The van der Waals surface area contributed by atoms with Gasteiger partial charge < -0.3 is 15.6 Å². The molecule has 0 aliphatic carbocycles.